The first kappa shape index (κ1) is 28.4. The van der Waals surface area contributed by atoms with Crippen molar-refractivity contribution in [3.8, 4) is 5.75 Å². The van der Waals surface area contributed by atoms with E-state index in [0.29, 0.717) is 36.2 Å². The number of carbonyl (C=O) groups is 1. The van der Waals surface area contributed by atoms with E-state index >= 15 is 0 Å². The van der Waals surface area contributed by atoms with E-state index in [0.717, 1.165) is 44.3 Å². The predicted octanol–water partition coefficient (Wildman–Crippen LogP) is 7.80. The van der Waals surface area contributed by atoms with Crippen molar-refractivity contribution in [3.63, 3.8) is 0 Å². The molecule has 0 spiro atoms. The summed E-state index contributed by atoms with van der Waals surface area (Å²) in [7, 11) is -2.17. The highest BCUT2D eigenvalue weighted by atomic mass is 31.2. The summed E-state index contributed by atoms with van der Waals surface area (Å²) in [5.41, 5.74) is 4.06. The normalized spacial score (nSPS) is 34.0. The number of phosphoric acid groups is 1. The van der Waals surface area contributed by atoms with E-state index in [9.17, 15) is 9.36 Å². The van der Waals surface area contributed by atoms with Gasteiger partial charge >= 0.3 is 7.82 Å². The number of pyridine rings is 1. The molecule has 0 bridgehead atoms. The minimum atomic E-state index is -3.98. The molecule has 0 aliphatic heterocycles. The number of ether oxygens (including phenoxy) is 1. The lowest BCUT2D eigenvalue weighted by atomic mass is 9.47. The number of hydrogen-bond donors (Lipinski definition) is 0. The van der Waals surface area contributed by atoms with Gasteiger partial charge in [-0.2, -0.15) is 0 Å². The number of benzene rings is 1. The minimum Gasteiger partial charge on any atom is -0.501 e. The molecule has 0 saturated heterocycles. The number of rotatable bonds is 9. The van der Waals surface area contributed by atoms with Gasteiger partial charge in [-0.1, -0.05) is 49.8 Å². The Labute approximate surface area is 242 Å². The van der Waals surface area contributed by atoms with Crippen molar-refractivity contribution in [2.24, 2.45) is 28.6 Å². The number of carbonyl (C=O) groups excluding carboxylic acids is 1. The summed E-state index contributed by atoms with van der Waals surface area (Å²) < 4.78 is 36.7. The topological polar surface area (TPSA) is 84.0 Å². The van der Waals surface area contributed by atoms with Crippen LogP contribution in [0.3, 0.4) is 0 Å². The molecule has 2 saturated carbocycles. The molecule has 0 radical (unpaired) electrons. The van der Waals surface area contributed by atoms with Gasteiger partial charge in [0.2, 0.25) is 0 Å². The first-order valence-corrected chi connectivity index (χ1v) is 16.2. The Morgan fingerprint density at radius 2 is 1.83 bits per heavy atom. The molecule has 6 rings (SSSR count). The third-order valence-electron chi connectivity index (χ3n) is 10.4. The van der Waals surface area contributed by atoms with E-state index in [1.165, 1.54) is 16.7 Å². The Morgan fingerprint density at radius 1 is 1.02 bits per heavy atom. The monoisotopic (exact) mass is 577 g/mol. The smallest absolute Gasteiger partial charge is 0.501 e. The Kier molecular flexibility index (Phi) is 7.73. The van der Waals surface area contributed by atoms with Crippen molar-refractivity contribution < 1.29 is 27.7 Å². The summed E-state index contributed by atoms with van der Waals surface area (Å²) in [6.45, 7) is 4.52. The zero-order valence-corrected chi connectivity index (χ0v) is 25.1. The van der Waals surface area contributed by atoms with Gasteiger partial charge < -0.3 is 14.1 Å². The standard InChI is InChI=1S/C33H40NO6P/c1-32-15-13-26(40-41(36,38-19-18-35)39-25-9-5-4-6-10-25)20-24(32)11-12-27-28(32)14-16-33(2)29(27)21-30(37-3)31(33)23-8-7-17-34-22-23/h4-11,17-18,22,26-29H,12-16,19-21H2,1-3H3/t26-,27+,28-,29-,32-,33-,41?/m0/s1. The fourth-order valence-electron chi connectivity index (χ4n) is 8.52. The van der Waals surface area contributed by atoms with Crippen LogP contribution in [-0.4, -0.2) is 31.1 Å². The number of nitrogens with zero attached hydrogens (tertiary/aromatic N) is 1. The molecule has 2 aromatic rings. The van der Waals surface area contributed by atoms with Gasteiger partial charge in [0, 0.05) is 24.4 Å². The van der Waals surface area contributed by atoms with Crippen LogP contribution in [0.25, 0.3) is 5.57 Å². The average molecular weight is 578 g/mol. The molecule has 2 fully saturated rings. The van der Waals surface area contributed by atoms with E-state index < -0.39 is 7.82 Å². The summed E-state index contributed by atoms with van der Waals surface area (Å²) in [6.07, 6.45) is 13.2. The van der Waals surface area contributed by atoms with Crippen molar-refractivity contribution in [1.82, 2.24) is 4.98 Å². The number of fused-ring (bicyclic) bond motifs is 5. The quantitative estimate of drug-likeness (QED) is 0.171. The summed E-state index contributed by atoms with van der Waals surface area (Å²) in [4.78, 5) is 15.4. The zero-order valence-electron chi connectivity index (χ0n) is 24.2. The molecule has 4 aliphatic rings. The number of methoxy groups -OCH3 is 1. The second kappa shape index (κ2) is 11.2. The third kappa shape index (κ3) is 5.11. The molecule has 0 amide bonds. The summed E-state index contributed by atoms with van der Waals surface area (Å²) in [5, 5.41) is 0. The van der Waals surface area contributed by atoms with Crippen molar-refractivity contribution in [2.45, 2.75) is 64.9 Å². The molecule has 4 aliphatic carbocycles. The lowest BCUT2D eigenvalue weighted by molar-refractivity contribution is -0.110. The highest BCUT2D eigenvalue weighted by Gasteiger charge is 2.59. The van der Waals surface area contributed by atoms with Gasteiger partial charge in [0.25, 0.3) is 0 Å². The Balaban J connectivity index is 1.21. The second-order valence-corrected chi connectivity index (χ2v) is 14.0. The highest BCUT2D eigenvalue weighted by Crippen LogP contribution is 2.68. The third-order valence-corrected chi connectivity index (χ3v) is 11.9. The molecule has 7 nitrogen and oxygen atoms in total. The maximum atomic E-state index is 13.6. The zero-order chi connectivity index (χ0) is 28.7. The number of aldehydes is 1. The summed E-state index contributed by atoms with van der Waals surface area (Å²) in [5.74, 6) is 3.17. The highest BCUT2D eigenvalue weighted by molar-refractivity contribution is 7.49. The predicted molar refractivity (Wildman–Crippen MR) is 157 cm³/mol. The first-order valence-electron chi connectivity index (χ1n) is 14.8. The van der Waals surface area contributed by atoms with Crippen LogP contribution in [0.2, 0.25) is 0 Å². The second-order valence-electron chi connectivity index (χ2n) is 12.4. The van der Waals surface area contributed by atoms with E-state index in [1.807, 2.05) is 31.6 Å². The average Bonchev–Trinajstić information content (AvgIpc) is 3.29. The SMILES string of the molecule is COC1=C(c2cccnc2)[C@@]2(C)CC[C@H]3[C@@H](CC=C4C[C@@H](OP(=O)(OCC=O)Oc5ccccc5)CC[C@@]43C)[C@@H]2C1. The van der Waals surface area contributed by atoms with Crippen LogP contribution < -0.4 is 4.52 Å². The van der Waals surface area contributed by atoms with Crippen LogP contribution in [0.5, 0.6) is 5.75 Å². The molecule has 218 valence electrons. The van der Waals surface area contributed by atoms with E-state index in [4.69, 9.17) is 18.3 Å². The Morgan fingerprint density at radius 3 is 2.56 bits per heavy atom. The molecule has 8 heteroatoms. The number of aromatic nitrogens is 1. The van der Waals surface area contributed by atoms with Gasteiger partial charge in [-0.3, -0.25) is 14.0 Å². The van der Waals surface area contributed by atoms with Crippen molar-refractivity contribution >= 4 is 19.7 Å². The molecule has 1 aromatic heterocycles. The van der Waals surface area contributed by atoms with Crippen molar-refractivity contribution in [1.29, 1.82) is 0 Å². The van der Waals surface area contributed by atoms with Gasteiger partial charge in [-0.05, 0) is 90.9 Å². The van der Waals surface area contributed by atoms with E-state index in [1.54, 1.807) is 24.3 Å². The van der Waals surface area contributed by atoms with Crippen molar-refractivity contribution in [2.75, 3.05) is 13.7 Å². The van der Waals surface area contributed by atoms with Gasteiger partial charge in [0.05, 0.1) is 13.2 Å². The Bertz CT molecular complexity index is 1380. The molecule has 1 unspecified atom stereocenters. The van der Waals surface area contributed by atoms with Crippen LogP contribution in [-0.2, 0) is 23.1 Å². The Hall–Kier alpha value is -2.73. The van der Waals surface area contributed by atoms with Crippen LogP contribution in [0.1, 0.15) is 64.4 Å². The number of phosphoric ester groups is 1. The molecular formula is C33H40NO6P. The molecule has 7 atom stereocenters. The van der Waals surface area contributed by atoms with Gasteiger partial charge in [0.1, 0.15) is 24.4 Å². The van der Waals surface area contributed by atoms with Gasteiger partial charge in [0.15, 0.2) is 0 Å². The number of allylic oxidation sites excluding steroid dienone is 3. The van der Waals surface area contributed by atoms with Gasteiger partial charge in [-0.25, -0.2) is 4.57 Å². The lowest BCUT2D eigenvalue weighted by Crippen LogP contribution is -2.50. The molecule has 1 aromatic carbocycles. The van der Waals surface area contributed by atoms with Crippen LogP contribution in [0.15, 0.2) is 72.3 Å². The van der Waals surface area contributed by atoms with Crippen molar-refractivity contribution in [3.05, 3.63) is 77.8 Å². The van der Waals surface area contributed by atoms with Crippen LogP contribution >= 0.6 is 7.82 Å². The molecule has 41 heavy (non-hydrogen) atoms. The minimum absolute atomic E-state index is 0.0644. The maximum Gasteiger partial charge on any atom is 0.530 e. The van der Waals surface area contributed by atoms with E-state index in [2.05, 4.69) is 31.0 Å². The number of para-hydroxylation sites is 1. The van der Waals surface area contributed by atoms with Crippen LogP contribution in [0.4, 0.5) is 0 Å². The van der Waals surface area contributed by atoms with E-state index in [-0.39, 0.29) is 23.5 Å². The largest absolute Gasteiger partial charge is 0.530 e. The number of hydrogen-bond acceptors (Lipinski definition) is 7. The summed E-state index contributed by atoms with van der Waals surface area (Å²) >= 11 is 0. The molecule has 0 N–H and O–H groups in total. The summed E-state index contributed by atoms with van der Waals surface area (Å²) in [6, 6.07) is 13.0. The molecule has 1 heterocycles. The fourth-order valence-corrected chi connectivity index (χ4v) is 9.85. The lowest BCUT2D eigenvalue weighted by Gasteiger charge is -2.57. The fraction of sp³-hybridized carbons (Fsp3) is 0.515. The molecular weight excluding hydrogens is 537 g/mol. The first-order chi connectivity index (χ1) is 19.8. The maximum absolute atomic E-state index is 13.6. The van der Waals surface area contributed by atoms with Gasteiger partial charge in [-0.15, -0.1) is 0 Å². The van der Waals surface area contributed by atoms with Crippen LogP contribution in [0, 0.1) is 28.6 Å².